The first-order chi connectivity index (χ1) is 8.56. The van der Waals surface area contributed by atoms with Gasteiger partial charge in [0.2, 0.25) is 5.95 Å². The molecule has 0 bridgehead atoms. The first kappa shape index (κ1) is 10.8. The van der Waals surface area contributed by atoms with Crippen molar-refractivity contribution in [3.63, 3.8) is 0 Å². The Kier molecular flexibility index (Phi) is 2.14. The SMILES string of the molecule is Cc1csc(-c2nc3nc(N)[nH]c(=O)c3[nH]2)c1N. The third-order valence-electron chi connectivity index (χ3n) is 2.62. The van der Waals surface area contributed by atoms with E-state index in [-0.39, 0.29) is 17.2 Å². The van der Waals surface area contributed by atoms with Gasteiger partial charge in [0.25, 0.3) is 5.56 Å². The number of hydrogen-bond donors (Lipinski definition) is 4. The standard InChI is InChI=1S/C10H10N6OS/c1-3-2-18-6(4(3)11)8-13-5-7(14-8)15-10(12)16-9(5)17/h2H,11H2,1H3,(H4,12,13,14,15,16,17). The maximum absolute atomic E-state index is 11.7. The minimum absolute atomic E-state index is 0.0425. The molecule has 8 heteroatoms. The number of nitrogens with two attached hydrogens (primary N) is 2. The fraction of sp³-hybridized carbons (Fsp3) is 0.100. The molecular weight excluding hydrogens is 252 g/mol. The van der Waals surface area contributed by atoms with Crippen LogP contribution in [0.15, 0.2) is 10.2 Å². The van der Waals surface area contributed by atoms with Gasteiger partial charge in [0, 0.05) is 0 Å². The number of nitrogens with zero attached hydrogens (tertiary/aromatic N) is 2. The van der Waals surface area contributed by atoms with E-state index in [4.69, 9.17) is 11.5 Å². The second-order valence-corrected chi connectivity index (χ2v) is 4.78. The number of nitrogen functional groups attached to an aromatic ring is 2. The topological polar surface area (TPSA) is 126 Å². The second kappa shape index (κ2) is 3.57. The van der Waals surface area contributed by atoms with Gasteiger partial charge in [-0.25, -0.2) is 4.98 Å². The normalized spacial score (nSPS) is 11.2. The number of imidazole rings is 1. The summed E-state index contributed by atoms with van der Waals surface area (Å²) in [5.74, 6) is 0.574. The number of rotatable bonds is 1. The van der Waals surface area contributed by atoms with E-state index in [1.54, 1.807) is 0 Å². The summed E-state index contributed by atoms with van der Waals surface area (Å²) >= 11 is 1.46. The zero-order valence-corrected chi connectivity index (χ0v) is 10.3. The van der Waals surface area contributed by atoms with E-state index < -0.39 is 0 Å². The van der Waals surface area contributed by atoms with Crippen LogP contribution in [0.25, 0.3) is 21.9 Å². The van der Waals surface area contributed by atoms with Crippen molar-refractivity contribution in [3.8, 4) is 10.7 Å². The summed E-state index contributed by atoms with van der Waals surface area (Å²) in [6.07, 6.45) is 0. The molecule has 0 aliphatic rings. The van der Waals surface area contributed by atoms with E-state index in [0.717, 1.165) is 10.4 Å². The molecule has 0 aliphatic carbocycles. The van der Waals surface area contributed by atoms with Gasteiger partial charge in [-0.15, -0.1) is 11.3 Å². The van der Waals surface area contributed by atoms with Crippen molar-refractivity contribution in [1.29, 1.82) is 0 Å². The number of fused-ring (bicyclic) bond motifs is 1. The number of aryl methyl sites for hydroxylation is 1. The average molecular weight is 262 g/mol. The first-order valence-corrected chi connectivity index (χ1v) is 6.03. The van der Waals surface area contributed by atoms with Gasteiger partial charge in [-0.3, -0.25) is 9.78 Å². The van der Waals surface area contributed by atoms with E-state index in [2.05, 4.69) is 19.9 Å². The molecule has 0 unspecified atom stereocenters. The fourth-order valence-corrected chi connectivity index (χ4v) is 2.59. The van der Waals surface area contributed by atoms with Gasteiger partial charge in [0.05, 0.1) is 10.6 Å². The lowest BCUT2D eigenvalue weighted by atomic mass is 10.3. The van der Waals surface area contributed by atoms with Crippen LogP contribution in [0.5, 0.6) is 0 Å². The molecule has 0 fully saturated rings. The Hall–Kier alpha value is -2.35. The van der Waals surface area contributed by atoms with Crippen molar-refractivity contribution in [2.24, 2.45) is 0 Å². The zero-order valence-electron chi connectivity index (χ0n) is 9.44. The van der Waals surface area contributed by atoms with Crippen molar-refractivity contribution in [2.45, 2.75) is 6.92 Å². The van der Waals surface area contributed by atoms with Crippen molar-refractivity contribution in [1.82, 2.24) is 19.9 Å². The molecule has 3 aromatic rings. The van der Waals surface area contributed by atoms with Crippen LogP contribution in [0, 0.1) is 6.92 Å². The molecule has 0 aliphatic heterocycles. The molecule has 0 saturated heterocycles. The lowest BCUT2D eigenvalue weighted by Gasteiger charge is -1.94. The van der Waals surface area contributed by atoms with Crippen molar-refractivity contribution in [3.05, 3.63) is 21.3 Å². The van der Waals surface area contributed by atoms with Gasteiger partial charge in [-0.2, -0.15) is 4.98 Å². The molecule has 0 atom stereocenters. The minimum atomic E-state index is -0.344. The molecule has 7 nitrogen and oxygen atoms in total. The smallest absolute Gasteiger partial charge is 0.278 e. The first-order valence-electron chi connectivity index (χ1n) is 5.15. The Morgan fingerprint density at radius 2 is 2.06 bits per heavy atom. The maximum atomic E-state index is 11.7. The van der Waals surface area contributed by atoms with Gasteiger partial charge in [-0.1, -0.05) is 0 Å². The molecule has 3 rings (SSSR count). The van der Waals surface area contributed by atoms with Crippen molar-refractivity contribution < 1.29 is 0 Å². The molecule has 0 radical (unpaired) electrons. The summed E-state index contributed by atoms with van der Waals surface area (Å²) < 4.78 is 0. The Labute approximate surface area is 105 Å². The van der Waals surface area contributed by atoms with E-state index in [1.807, 2.05) is 12.3 Å². The van der Waals surface area contributed by atoms with Gasteiger partial charge >= 0.3 is 0 Å². The predicted molar refractivity (Wildman–Crippen MR) is 71.4 cm³/mol. The van der Waals surface area contributed by atoms with E-state index >= 15 is 0 Å². The third kappa shape index (κ3) is 1.46. The predicted octanol–water partition coefficient (Wildman–Crippen LogP) is 0.848. The van der Waals surface area contributed by atoms with Crippen LogP contribution < -0.4 is 17.0 Å². The minimum Gasteiger partial charge on any atom is -0.397 e. The molecule has 18 heavy (non-hydrogen) atoms. The van der Waals surface area contributed by atoms with E-state index in [1.165, 1.54) is 11.3 Å². The average Bonchev–Trinajstić information content (AvgIpc) is 2.84. The number of nitrogens with one attached hydrogen (secondary N) is 2. The van der Waals surface area contributed by atoms with Crippen LogP contribution in [0.4, 0.5) is 11.6 Å². The van der Waals surface area contributed by atoms with Gasteiger partial charge in [0.15, 0.2) is 17.0 Å². The third-order valence-corrected chi connectivity index (χ3v) is 3.74. The Balaban J connectivity index is 2.29. The highest BCUT2D eigenvalue weighted by molar-refractivity contribution is 7.14. The summed E-state index contributed by atoms with van der Waals surface area (Å²) in [6, 6.07) is 0. The van der Waals surface area contributed by atoms with Crippen LogP contribution in [-0.2, 0) is 0 Å². The van der Waals surface area contributed by atoms with Crippen LogP contribution in [0.1, 0.15) is 5.56 Å². The lowest BCUT2D eigenvalue weighted by Crippen LogP contribution is -2.10. The quantitative estimate of drug-likeness (QED) is 0.517. The molecule has 92 valence electrons. The molecule has 0 aromatic carbocycles. The Morgan fingerprint density at radius 3 is 2.72 bits per heavy atom. The van der Waals surface area contributed by atoms with Crippen LogP contribution in [0.2, 0.25) is 0 Å². The monoisotopic (exact) mass is 262 g/mol. The number of H-pyrrole nitrogens is 2. The number of aromatic nitrogens is 4. The molecule has 0 amide bonds. The summed E-state index contributed by atoms with van der Waals surface area (Å²) in [4.78, 5) is 26.0. The highest BCUT2D eigenvalue weighted by Gasteiger charge is 2.14. The summed E-state index contributed by atoms with van der Waals surface area (Å²) in [5.41, 5.74) is 13.3. The number of anilines is 2. The van der Waals surface area contributed by atoms with Crippen molar-refractivity contribution in [2.75, 3.05) is 11.5 Å². The summed E-state index contributed by atoms with van der Waals surface area (Å²) in [6.45, 7) is 1.92. The fourth-order valence-electron chi connectivity index (χ4n) is 1.67. The van der Waals surface area contributed by atoms with E-state index in [9.17, 15) is 4.79 Å². The summed E-state index contributed by atoms with van der Waals surface area (Å²) in [5, 5.41) is 1.93. The molecule has 3 aromatic heterocycles. The molecular formula is C10H10N6OS. The largest absolute Gasteiger partial charge is 0.397 e. The summed E-state index contributed by atoms with van der Waals surface area (Å²) in [7, 11) is 0. The Morgan fingerprint density at radius 1 is 1.28 bits per heavy atom. The van der Waals surface area contributed by atoms with Gasteiger partial charge in [0.1, 0.15) is 0 Å². The molecule has 6 N–H and O–H groups in total. The van der Waals surface area contributed by atoms with Crippen LogP contribution in [-0.4, -0.2) is 19.9 Å². The molecule has 0 saturated carbocycles. The van der Waals surface area contributed by atoms with Gasteiger partial charge in [-0.05, 0) is 17.9 Å². The zero-order chi connectivity index (χ0) is 12.9. The van der Waals surface area contributed by atoms with Gasteiger partial charge < -0.3 is 16.5 Å². The number of aromatic amines is 2. The van der Waals surface area contributed by atoms with Crippen LogP contribution >= 0.6 is 11.3 Å². The highest BCUT2D eigenvalue weighted by Crippen LogP contribution is 2.33. The second-order valence-electron chi connectivity index (χ2n) is 3.90. The molecule has 0 spiro atoms. The van der Waals surface area contributed by atoms with Crippen LogP contribution in [0.3, 0.4) is 0 Å². The highest BCUT2D eigenvalue weighted by atomic mass is 32.1. The van der Waals surface area contributed by atoms with E-state index in [0.29, 0.717) is 17.0 Å². The van der Waals surface area contributed by atoms with Crippen molar-refractivity contribution >= 4 is 34.1 Å². The lowest BCUT2D eigenvalue weighted by molar-refractivity contribution is 1.17. The number of thiophene rings is 1. The Bertz CT molecular complexity index is 798. The molecule has 3 heterocycles. The maximum Gasteiger partial charge on any atom is 0.278 e. The number of hydrogen-bond acceptors (Lipinski definition) is 6.